The maximum Gasteiger partial charge on any atom is 0.416 e. The summed E-state index contributed by atoms with van der Waals surface area (Å²) >= 11 is 6.51. The highest BCUT2D eigenvalue weighted by molar-refractivity contribution is 6.32. The molecule has 3 aromatic carbocycles. The first-order valence-electron chi connectivity index (χ1n) is 16.4. The van der Waals surface area contributed by atoms with Gasteiger partial charge in [0.2, 0.25) is 0 Å². The molecule has 0 aliphatic carbocycles. The van der Waals surface area contributed by atoms with Gasteiger partial charge >= 0.3 is 18.3 Å². The number of halogens is 2. The Morgan fingerprint density at radius 3 is 2.21 bits per heavy atom. The van der Waals surface area contributed by atoms with Gasteiger partial charge in [0.1, 0.15) is 24.3 Å². The third-order valence-corrected chi connectivity index (χ3v) is 8.62. The molecule has 0 saturated carbocycles. The third-order valence-electron chi connectivity index (χ3n) is 8.32. The van der Waals surface area contributed by atoms with E-state index in [1.54, 1.807) is 18.2 Å². The highest BCUT2D eigenvalue weighted by Gasteiger charge is 2.23. The van der Waals surface area contributed by atoms with Gasteiger partial charge in [-0.15, -0.1) is 0 Å². The number of imide groups is 1. The van der Waals surface area contributed by atoms with Gasteiger partial charge in [-0.05, 0) is 73.7 Å². The molecule has 10 nitrogen and oxygen atoms in total. The predicted molar refractivity (Wildman–Crippen MR) is 182 cm³/mol. The van der Waals surface area contributed by atoms with Crippen LogP contribution in [-0.4, -0.2) is 70.6 Å². The van der Waals surface area contributed by atoms with Crippen LogP contribution in [0.5, 0.6) is 5.75 Å². The number of ether oxygens (including phenoxy) is 2. The molecule has 3 amide bonds. The number of hydrogen-bond donors (Lipinski definition) is 3. The van der Waals surface area contributed by atoms with Crippen molar-refractivity contribution in [3.8, 4) is 16.9 Å². The summed E-state index contributed by atoms with van der Waals surface area (Å²) in [7, 11) is 0. The van der Waals surface area contributed by atoms with Crippen molar-refractivity contribution in [2.75, 3.05) is 31.5 Å². The minimum Gasteiger partial charge on any atom is -0.487 e. The summed E-state index contributed by atoms with van der Waals surface area (Å²) in [5.41, 5.74) is 2.51. The Hall–Kier alpha value is -4.35. The van der Waals surface area contributed by atoms with E-state index in [-0.39, 0.29) is 12.6 Å². The molecular formula is C36H43ClFN3O7. The zero-order chi connectivity index (χ0) is 34.3. The fourth-order valence-corrected chi connectivity index (χ4v) is 5.92. The molecule has 48 heavy (non-hydrogen) atoms. The van der Waals surface area contributed by atoms with Crippen molar-refractivity contribution in [1.82, 2.24) is 9.80 Å². The molecule has 0 bridgehead atoms. The predicted octanol–water partition coefficient (Wildman–Crippen LogP) is 9.13. The van der Waals surface area contributed by atoms with E-state index in [1.165, 1.54) is 18.2 Å². The topological polar surface area (TPSA) is 129 Å². The first-order valence-corrected chi connectivity index (χ1v) is 16.8. The summed E-state index contributed by atoms with van der Waals surface area (Å²) in [4.78, 5) is 37.4. The largest absolute Gasteiger partial charge is 0.487 e. The molecule has 1 heterocycles. The van der Waals surface area contributed by atoms with Crippen molar-refractivity contribution in [3.63, 3.8) is 0 Å². The Labute approximate surface area is 285 Å². The van der Waals surface area contributed by atoms with Gasteiger partial charge in [-0.3, -0.25) is 5.32 Å². The number of nitrogens with zero attached hydrogens (tertiary/aromatic N) is 2. The van der Waals surface area contributed by atoms with E-state index in [0.29, 0.717) is 45.5 Å². The Morgan fingerprint density at radius 1 is 0.875 bits per heavy atom. The van der Waals surface area contributed by atoms with Crippen LogP contribution >= 0.6 is 11.6 Å². The Bertz CT molecular complexity index is 1490. The number of carbonyl (C=O) groups excluding carboxylic acids is 1. The molecule has 3 aromatic rings. The summed E-state index contributed by atoms with van der Waals surface area (Å²) in [5.74, 6) is 0.0544. The SMILES string of the molecule is O=C(Nc1ccc(F)cc1-c1ccc(OCc2ccccc2)c(Cl)c1)OC1CCN(CCCCCCCCCN(C(=O)O)C(=O)O)CC1. The maximum atomic E-state index is 14.3. The molecule has 0 aromatic heterocycles. The van der Waals surface area contributed by atoms with Gasteiger partial charge in [0.25, 0.3) is 0 Å². The number of unbranched alkanes of at least 4 members (excludes halogenated alkanes) is 6. The second kappa shape index (κ2) is 18.8. The average Bonchev–Trinajstić information content (AvgIpc) is 3.06. The van der Waals surface area contributed by atoms with Gasteiger partial charge in [-0.2, -0.15) is 0 Å². The minimum absolute atomic E-state index is 0.00930. The molecule has 12 heteroatoms. The van der Waals surface area contributed by atoms with Gasteiger partial charge in [0, 0.05) is 25.2 Å². The fraction of sp³-hybridized carbons (Fsp3) is 0.417. The van der Waals surface area contributed by atoms with Gasteiger partial charge in [-0.25, -0.2) is 23.7 Å². The minimum atomic E-state index is -1.43. The van der Waals surface area contributed by atoms with E-state index in [0.717, 1.165) is 76.6 Å². The number of nitrogens with one attached hydrogen (secondary N) is 1. The van der Waals surface area contributed by atoms with Gasteiger partial charge < -0.3 is 24.6 Å². The third kappa shape index (κ3) is 11.7. The summed E-state index contributed by atoms with van der Waals surface area (Å²) < 4.78 is 25.9. The molecule has 0 spiro atoms. The molecule has 3 N–H and O–H groups in total. The second-order valence-corrected chi connectivity index (χ2v) is 12.3. The number of piperidine rings is 1. The summed E-state index contributed by atoms with van der Waals surface area (Å²) in [6.45, 7) is 3.01. The van der Waals surface area contributed by atoms with Crippen LogP contribution in [-0.2, 0) is 11.3 Å². The Balaban J connectivity index is 1.15. The lowest BCUT2D eigenvalue weighted by atomic mass is 10.0. The van der Waals surface area contributed by atoms with E-state index in [2.05, 4.69) is 10.2 Å². The van der Waals surface area contributed by atoms with Crippen molar-refractivity contribution in [2.45, 2.75) is 70.5 Å². The highest BCUT2D eigenvalue weighted by Crippen LogP contribution is 2.35. The van der Waals surface area contributed by atoms with E-state index >= 15 is 0 Å². The molecule has 258 valence electrons. The number of anilines is 1. The van der Waals surface area contributed by atoms with Crippen LogP contribution in [0.2, 0.25) is 5.02 Å². The van der Waals surface area contributed by atoms with E-state index in [1.807, 2.05) is 30.3 Å². The zero-order valence-corrected chi connectivity index (χ0v) is 27.7. The summed E-state index contributed by atoms with van der Waals surface area (Å²) in [5, 5.41) is 20.9. The number of hydrogen-bond acceptors (Lipinski definition) is 6. The summed E-state index contributed by atoms with van der Waals surface area (Å²) in [6.07, 6.45) is 4.33. The zero-order valence-electron chi connectivity index (χ0n) is 26.9. The van der Waals surface area contributed by atoms with Crippen molar-refractivity contribution < 1.29 is 38.5 Å². The lowest BCUT2D eigenvalue weighted by Gasteiger charge is -2.31. The van der Waals surface area contributed by atoms with E-state index < -0.39 is 24.1 Å². The number of amides is 3. The first-order chi connectivity index (χ1) is 23.2. The molecule has 1 aliphatic heterocycles. The highest BCUT2D eigenvalue weighted by atomic mass is 35.5. The lowest BCUT2D eigenvalue weighted by Crippen LogP contribution is -2.38. The average molecular weight is 684 g/mol. The van der Waals surface area contributed by atoms with Crippen LogP contribution in [0.15, 0.2) is 66.7 Å². The van der Waals surface area contributed by atoms with E-state index in [4.69, 9.17) is 31.3 Å². The quantitative estimate of drug-likeness (QED) is 0.128. The van der Waals surface area contributed by atoms with Crippen molar-refractivity contribution >= 4 is 35.6 Å². The first kappa shape index (κ1) is 36.5. The Morgan fingerprint density at radius 2 is 1.54 bits per heavy atom. The lowest BCUT2D eigenvalue weighted by molar-refractivity contribution is 0.0584. The number of carbonyl (C=O) groups is 3. The van der Waals surface area contributed by atoms with Crippen molar-refractivity contribution in [2.24, 2.45) is 0 Å². The second-order valence-electron chi connectivity index (χ2n) is 11.9. The van der Waals surface area contributed by atoms with Crippen LogP contribution in [0.25, 0.3) is 11.1 Å². The fourth-order valence-electron chi connectivity index (χ4n) is 5.69. The maximum absolute atomic E-state index is 14.3. The van der Waals surface area contributed by atoms with Gasteiger partial charge in [-0.1, -0.05) is 80.1 Å². The molecule has 0 atom stereocenters. The molecule has 1 saturated heterocycles. The molecule has 1 fully saturated rings. The van der Waals surface area contributed by atoms with E-state index in [9.17, 15) is 18.8 Å². The van der Waals surface area contributed by atoms with Crippen LogP contribution in [0, 0.1) is 5.82 Å². The monoisotopic (exact) mass is 683 g/mol. The van der Waals surface area contributed by atoms with Gasteiger partial charge in [0.05, 0.1) is 10.7 Å². The molecule has 1 aliphatic rings. The van der Waals surface area contributed by atoms with Crippen LogP contribution in [0.3, 0.4) is 0 Å². The van der Waals surface area contributed by atoms with Crippen LogP contribution in [0.4, 0.5) is 24.5 Å². The van der Waals surface area contributed by atoms with Crippen molar-refractivity contribution in [1.29, 1.82) is 0 Å². The molecular weight excluding hydrogens is 641 g/mol. The molecule has 0 unspecified atom stereocenters. The number of benzene rings is 3. The number of likely N-dealkylation sites (tertiary alicyclic amines) is 1. The van der Waals surface area contributed by atoms with Crippen LogP contribution in [0.1, 0.15) is 63.4 Å². The number of rotatable bonds is 16. The smallest absolute Gasteiger partial charge is 0.416 e. The molecule has 0 radical (unpaired) electrons. The van der Waals surface area contributed by atoms with Crippen molar-refractivity contribution in [3.05, 3.63) is 83.1 Å². The normalized spacial score (nSPS) is 13.5. The van der Waals surface area contributed by atoms with Gasteiger partial charge in [0.15, 0.2) is 0 Å². The molecule has 4 rings (SSSR count). The Kier molecular flexibility index (Phi) is 14.3. The number of carboxylic acid groups (broad SMARTS) is 2. The van der Waals surface area contributed by atoms with Crippen LogP contribution < -0.4 is 10.1 Å². The standard InChI is InChI=1S/C36H43ClFN3O7/c37-31-23-27(13-16-33(31)47-25-26-11-7-6-8-12-26)30-24-28(38)14-15-32(30)39-34(42)48-29-17-21-40(22-18-29)19-9-4-2-1-3-5-10-20-41(35(43)44)36(45)46/h6-8,11-16,23-24,29H,1-5,9-10,17-22,25H2,(H,39,42)(H,43,44)(H,45,46). The summed E-state index contributed by atoms with van der Waals surface area (Å²) in [6, 6.07) is 19.0.